The highest BCUT2D eigenvalue weighted by Gasteiger charge is 2.78. The molecule has 8 nitrogen and oxygen atoms in total. The van der Waals surface area contributed by atoms with Gasteiger partial charge in [-0.15, -0.1) is 13.2 Å². The van der Waals surface area contributed by atoms with Gasteiger partial charge >= 0.3 is 0 Å². The lowest BCUT2D eigenvalue weighted by Crippen LogP contribution is -2.56. The molecule has 5 atom stereocenters. The van der Waals surface area contributed by atoms with Crippen LogP contribution >= 0.6 is 0 Å². The van der Waals surface area contributed by atoms with Crippen LogP contribution in [0.3, 0.4) is 0 Å². The van der Waals surface area contributed by atoms with Gasteiger partial charge in [-0.3, -0.25) is 14.4 Å². The molecule has 4 rings (SSSR count). The van der Waals surface area contributed by atoms with E-state index in [2.05, 4.69) is 20.1 Å². The number of carbonyl (C=O) groups excluding carboxylic acids is 3. The predicted molar refractivity (Wildman–Crippen MR) is 151 cm³/mol. The van der Waals surface area contributed by atoms with Crippen molar-refractivity contribution in [3.05, 3.63) is 55.6 Å². The van der Waals surface area contributed by atoms with Gasteiger partial charge in [-0.05, 0) is 44.7 Å². The first-order chi connectivity index (χ1) is 18.8. The van der Waals surface area contributed by atoms with Crippen molar-refractivity contribution in [1.29, 1.82) is 0 Å². The zero-order valence-electron chi connectivity index (χ0n) is 23.4. The molecule has 0 aromatic heterocycles. The Kier molecular flexibility index (Phi) is 8.96. The van der Waals surface area contributed by atoms with Gasteiger partial charge in [0.05, 0.1) is 17.4 Å². The number of carbonyl (C=O) groups is 3. The molecular weight excluding hydrogens is 494 g/mol. The molecule has 3 saturated heterocycles. The van der Waals surface area contributed by atoms with Gasteiger partial charge in [0.1, 0.15) is 11.6 Å². The molecular formula is C31H43N3O5. The molecule has 1 aromatic rings. The summed E-state index contributed by atoms with van der Waals surface area (Å²) in [6.45, 7) is 13.1. The van der Waals surface area contributed by atoms with Crippen LogP contribution in [-0.2, 0) is 19.1 Å². The number of hydrogen-bond acceptors (Lipinski definition) is 5. The molecule has 3 heterocycles. The van der Waals surface area contributed by atoms with Crippen LogP contribution in [0.1, 0.15) is 52.4 Å². The van der Waals surface area contributed by atoms with Crippen LogP contribution in [0.15, 0.2) is 55.6 Å². The number of hydrogen-bond donors (Lipinski definition) is 1. The van der Waals surface area contributed by atoms with E-state index in [9.17, 15) is 19.5 Å². The molecule has 1 aromatic carbocycles. The van der Waals surface area contributed by atoms with Crippen LogP contribution in [-0.4, -0.2) is 82.7 Å². The third-order valence-corrected chi connectivity index (χ3v) is 8.67. The van der Waals surface area contributed by atoms with E-state index in [-0.39, 0.29) is 30.9 Å². The lowest BCUT2D eigenvalue weighted by molar-refractivity contribution is -0.151. The highest BCUT2D eigenvalue weighted by Crippen LogP contribution is 2.63. The van der Waals surface area contributed by atoms with E-state index in [4.69, 9.17) is 4.74 Å². The Morgan fingerprint density at radius 1 is 1.10 bits per heavy atom. The van der Waals surface area contributed by atoms with Crippen molar-refractivity contribution >= 4 is 23.4 Å². The van der Waals surface area contributed by atoms with Gasteiger partial charge in [-0.25, -0.2) is 0 Å². The second kappa shape index (κ2) is 12.0. The molecule has 0 radical (unpaired) electrons. The monoisotopic (exact) mass is 537 g/mol. The summed E-state index contributed by atoms with van der Waals surface area (Å²) < 4.78 is 6.77. The molecule has 3 aliphatic rings. The Labute approximate surface area is 232 Å². The second-order valence-corrected chi connectivity index (χ2v) is 11.2. The van der Waals surface area contributed by atoms with Crippen molar-refractivity contribution < 1.29 is 24.2 Å². The van der Waals surface area contributed by atoms with E-state index in [1.807, 2.05) is 37.3 Å². The summed E-state index contributed by atoms with van der Waals surface area (Å²) in [5.41, 5.74) is -1.22. The van der Waals surface area contributed by atoms with Gasteiger partial charge in [0.15, 0.2) is 0 Å². The number of para-hydroxylation sites is 1. The first kappa shape index (κ1) is 29.0. The first-order valence-electron chi connectivity index (χ1n) is 14.3. The number of fused-ring (bicyclic) bond motifs is 1. The lowest BCUT2D eigenvalue weighted by atomic mass is 9.66. The number of anilines is 1. The Morgan fingerprint density at radius 3 is 2.46 bits per heavy atom. The number of rotatable bonds is 14. The molecule has 3 amide bonds. The number of unbranched alkanes of at least 4 members (excludes halogenated alkanes) is 2. The van der Waals surface area contributed by atoms with Gasteiger partial charge < -0.3 is 24.5 Å². The summed E-state index contributed by atoms with van der Waals surface area (Å²) >= 11 is 0. The normalized spacial score (nSPS) is 28.8. The van der Waals surface area contributed by atoms with Crippen molar-refractivity contribution in [2.75, 3.05) is 37.7 Å². The maximum absolute atomic E-state index is 14.3. The van der Waals surface area contributed by atoms with E-state index in [1.165, 1.54) is 0 Å². The van der Waals surface area contributed by atoms with Crippen molar-refractivity contribution in [3.8, 4) is 0 Å². The number of likely N-dealkylation sites (tertiary alicyclic amines) is 1. The summed E-state index contributed by atoms with van der Waals surface area (Å²) in [4.78, 5) is 47.8. The Bertz CT molecular complexity index is 1080. The highest BCUT2D eigenvalue weighted by atomic mass is 16.5. The SMILES string of the molecule is C=CCN(CCCCC)C(=O)C1N(CCCO)C(=O)[C@@H]2[C@H](C(=O)N(CC=C)c3ccccc3)[C@]3(C)CCC12O3. The molecule has 0 saturated carbocycles. The molecule has 1 N–H and O–H groups in total. The number of aliphatic hydroxyl groups is 1. The fourth-order valence-electron chi connectivity index (χ4n) is 6.96. The summed E-state index contributed by atoms with van der Waals surface area (Å²) in [5.74, 6) is -2.09. The average molecular weight is 538 g/mol. The minimum Gasteiger partial charge on any atom is -0.396 e. The van der Waals surface area contributed by atoms with Crippen molar-refractivity contribution in [2.45, 2.75) is 69.6 Å². The van der Waals surface area contributed by atoms with Crippen LogP contribution in [0.2, 0.25) is 0 Å². The molecule has 2 unspecified atom stereocenters. The van der Waals surface area contributed by atoms with Crippen LogP contribution in [0.5, 0.6) is 0 Å². The van der Waals surface area contributed by atoms with Crippen LogP contribution in [0.4, 0.5) is 5.69 Å². The smallest absolute Gasteiger partial charge is 0.248 e. The first-order valence-corrected chi connectivity index (χ1v) is 14.3. The summed E-state index contributed by atoms with van der Waals surface area (Å²) in [7, 11) is 0. The van der Waals surface area contributed by atoms with Crippen LogP contribution in [0.25, 0.3) is 0 Å². The van der Waals surface area contributed by atoms with Crippen LogP contribution in [0, 0.1) is 11.8 Å². The molecule has 3 fully saturated rings. The molecule has 39 heavy (non-hydrogen) atoms. The molecule has 3 aliphatic heterocycles. The van der Waals surface area contributed by atoms with Crippen molar-refractivity contribution in [3.63, 3.8) is 0 Å². The minimum atomic E-state index is -1.08. The van der Waals surface area contributed by atoms with Crippen molar-refractivity contribution in [2.24, 2.45) is 11.8 Å². The van der Waals surface area contributed by atoms with E-state index in [1.54, 1.807) is 26.9 Å². The zero-order chi connectivity index (χ0) is 28.2. The topological polar surface area (TPSA) is 90.4 Å². The number of aliphatic hydroxyl groups excluding tert-OH is 1. The maximum atomic E-state index is 14.3. The summed E-state index contributed by atoms with van der Waals surface area (Å²) in [5, 5.41) is 9.60. The van der Waals surface area contributed by atoms with Crippen molar-refractivity contribution in [1.82, 2.24) is 9.80 Å². The Hall–Kier alpha value is -2.97. The van der Waals surface area contributed by atoms with Gasteiger partial charge in [0.25, 0.3) is 0 Å². The number of nitrogens with zero attached hydrogens (tertiary/aromatic N) is 3. The van der Waals surface area contributed by atoms with E-state index in [0.29, 0.717) is 38.9 Å². The molecule has 0 aliphatic carbocycles. The second-order valence-electron chi connectivity index (χ2n) is 11.2. The van der Waals surface area contributed by atoms with E-state index >= 15 is 0 Å². The van der Waals surface area contributed by atoms with Crippen LogP contribution < -0.4 is 4.90 Å². The minimum absolute atomic E-state index is 0.0999. The largest absolute Gasteiger partial charge is 0.396 e. The summed E-state index contributed by atoms with van der Waals surface area (Å²) in [6.07, 6.45) is 7.72. The van der Waals surface area contributed by atoms with E-state index in [0.717, 1.165) is 24.9 Å². The van der Waals surface area contributed by atoms with E-state index < -0.39 is 29.1 Å². The fraction of sp³-hybridized carbons (Fsp3) is 0.581. The van der Waals surface area contributed by atoms with Gasteiger partial charge in [0.2, 0.25) is 17.7 Å². The predicted octanol–water partition coefficient (Wildman–Crippen LogP) is 3.56. The number of ether oxygens (including phenoxy) is 1. The average Bonchev–Trinajstić information content (AvgIpc) is 3.50. The molecule has 2 bridgehead atoms. The Morgan fingerprint density at radius 2 is 1.82 bits per heavy atom. The third-order valence-electron chi connectivity index (χ3n) is 8.67. The quantitative estimate of drug-likeness (QED) is 0.290. The Balaban J connectivity index is 1.74. The summed E-state index contributed by atoms with van der Waals surface area (Å²) in [6, 6.07) is 8.53. The lowest BCUT2D eigenvalue weighted by Gasteiger charge is -2.37. The standard InChI is InChI=1S/C31H43N3O5/c1-5-8-12-20-32(18-6-2)29(38)26-31-17-16-30(4,39-31)24(25(31)28(37)34(26)21-13-22-35)27(36)33(19-7-3)23-14-10-9-11-15-23/h6-7,9-11,14-15,24-26,35H,2-3,5,8,12-13,16-22H2,1,4H3/t24-,25+,26?,30+,31?/m1/s1. The van der Waals surface area contributed by atoms with Gasteiger partial charge in [-0.2, -0.15) is 0 Å². The maximum Gasteiger partial charge on any atom is 0.248 e. The number of benzene rings is 1. The molecule has 212 valence electrons. The molecule has 8 heteroatoms. The van der Waals surface area contributed by atoms with Gasteiger partial charge in [-0.1, -0.05) is 50.1 Å². The fourth-order valence-corrected chi connectivity index (χ4v) is 6.96. The number of amides is 3. The zero-order valence-corrected chi connectivity index (χ0v) is 23.4. The molecule has 1 spiro atoms. The third kappa shape index (κ3) is 5.05. The highest BCUT2D eigenvalue weighted by molar-refractivity contribution is 6.03. The van der Waals surface area contributed by atoms with Gasteiger partial charge in [0, 0.05) is 38.5 Å².